The Hall–Kier alpha value is -2.94. The van der Waals surface area contributed by atoms with Gasteiger partial charge in [-0.25, -0.2) is 9.59 Å². The first-order chi connectivity index (χ1) is 13.1. The van der Waals surface area contributed by atoms with Gasteiger partial charge in [-0.1, -0.05) is 19.1 Å². The first kappa shape index (κ1) is 21.4. The molecule has 2 rings (SSSR count). The third-order valence-corrected chi connectivity index (χ3v) is 4.66. The number of benzene rings is 1. The van der Waals surface area contributed by atoms with Crippen LogP contribution < -0.4 is 16.4 Å². The van der Waals surface area contributed by atoms with Gasteiger partial charge in [0.15, 0.2) is 0 Å². The molecule has 9 nitrogen and oxygen atoms in total. The molecule has 0 bridgehead atoms. The van der Waals surface area contributed by atoms with Crippen LogP contribution >= 0.6 is 0 Å². The third-order valence-electron chi connectivity index (χ3n) is 4.66. The zero-order chi connectivity index (χ0) is 20.9. The molecule has 0 spiro atoms. The van der Waals surface area contributed by atoms with Gasteiger partial charge in [0.25, 0.3) is 0 Å². The summed E-state index contributed by atoms with van der Waals surface area (Å²) in [6.07, 6.45) is 0.460. The number of anilines is 1. The van der Waals surface area contributed by atoms with Gasteiger partial charge in [0.2, 0.25) is 18.6 Å². The summed E-state index contributed by atoms with van der Waals surface area (Å²) in [5.74, 6) is -1.27. The van der Waals surface area contributed by atoms with Crippen molar-refractivity contribution in [3.8, 4) is 0 Å². The number of hydrogen-bond acceptors (Lipinski definition) is 7. The van der Waals surface area contributed by atoms with Crippen molar-refractivity contribution in [2.75, 3.05) is 12.1 Å². The lowest BCUT2D eigenvalue weighted by molar-refractivity contribution is -0.156. The maximum atomic E-state index is 12.4. The van der Waals surface area contributed by atoms with Crippen LogP contribution in [0.25, 0.3) is 0 Å². The highest BCUT2D eigenvalue weighted by Crippen LogP contribution is 2.36. The minimum atomic E-state index is -1.18. The van der Waals surface area contributed by atoms with Gasteiger partial charge in [0.05, 0.1) is 5.41 Å². The number of piperidine rings is 1. The monoisotopic (exact) mass is 391 g/mol. The molecule has 3 amide bonds. The Balaban J connectivity index is 1.95. The topological polar surface area (TPSA) is 137 Å². The van der Waals surface area contributed by atoms with Crippen molar-refractivity contribution in [3.63, 3.8) is 0 Å². The number of hydrogen-bond donors (Lipinski definition) is 3. The van der Waals surface area contributed by atoms with Crippen LogP contribution in [0.1, 0.15) is 45.6 Å². The molecule has 152 valence electrons. The highest BCUT2D eigenvalue weighted by molar-refractivity contribution is 6.03. The lowest BCUT2D eigenvalue weighted by Crippen LogP contribution is -2.51. The van der Waals surface area contributed by atoms with Crippen LogP contribution in [0, 0.1) is 0 Å². The maximum Gasteiger partial charge on any atom is 0.414 e. The summed E-state index contributed by atoms with van der Waals surface area (Å²) in [5.41, 5.74) is 4.81. The molecule has 28 heavy (non-hydrogen) atoms. The van der Waals surface area contributed by atoms with Crippen LogP contribution in [0.5, 0.6) is 0 Å². The molecule has 1 aliphatic rings. The molecule has 1 aromatic rings. The number of imide groups is 1. The number of rotatable bonds is 6. The van der Waals surface area contributed by atoms with Crippen molar-refractivity contribution in [1.82, 2.24) is 5.32 Å². The predicted molar refractivity (Wildman–Crippen MR) is 100 cm³/mol. The van der Waals surface area contributed by atoms with Crippen molar-refractivity contribution >= 4 is 29.6 Å². The first-order valence-electron chi connectivity index (χ1n) is 8.93. The number of esters is 1. The Labute approximate surface area is 162 Å². The van der Waals surface area contributed by atoms with Gasteiger partial charge >= 0.3 is 12.1 Å². The highest BCUT2D eigenvalue weighted by Gasteiger charge is 2.42. The minimum Gasteiger partial charge on any atom is -0.426 e. The van der Waals surface area contributed by atoms with Crippen LogP contribution in [0.4, 0.5) is 10.5 Å². The van der Waals surface area contributed by atoms with Gasteiger partial charge in [-0.05, 0) is 44.4 Å². The fourth-order valence-electron chi connectivity index (χ4n) is 2.92. The molecule has 9 heteroatoms. The Kier molecular flexibility index (Phi) is 6.40. The number of carbonyl (C=O) groups is 4. The maximum absolute atomic E-state index is 12.4. The van der Waals surface area contributed by atoms with E-state index in [1.807, 2.05) is 6.92 Å². The smallest absolute Gasteiger partial charge is 0.414 e. The number of nitrogens with one attached hydrogen (secondary N) is 2. The Morgan fingerprint density at radius 1 is 1.21 bits per heavy atom. The molecule has 1 unspecified atom stereocenters. The summed E-state index contributed by atoms with van der Waals surface area (Å²) in [6, 6.07) is 6.72. The van der Waals surface area contributed by atoms with Gasteiger partial charge in [-0.3, -0.25) is 20.2 Å². The van der Waals surface area contributed by atoms with Gasteiger partial charge in [-0.15, -0.1) is 0 Å². The van der Waals surface area contributed by atoms with Crippen LogP contribution in [-0.2, 0) is 29.3 Å². The van der Waals surface area contributed by atoms with E-state index < -0.39 is 29.8 Å². The van der Waals surface area contributed by atoms with Gasteiger partial charge in [0, 0.05) is 12.1 Å². The van der Waals surface area contributed by atoms with E-state index in [0.29, 0.717) is 18.5 Å². The minimum absolute atomic E-state index is 0.270. The average molecular weight is 391 g/mol. The largest absolute Gasteiger partial charge is 0.426 e. The van der Waals surface area contributed by atoms with Crippen molar-refractivity contribution in [2.45, 2.75) is 51.0 Å². The number of nitrogens with two attached hydrogens (primary N) is 1. The van der Waals surface area contributed by atoms with Crippen LogP contribution in [0.3, 0.4) is 0 Å². The van der Waals surface area contributed by atoms with Gasteiger partial charge < -0.3 is 15.2 Å². The Morgan fingerprint density at radius 3 is 2.39 bits per heavy atom. The zero-order valence-electron chi connectivity index (χ0n) is 16.2. The molecule has 0 radical (unpaired) electrons. The third kappa shape index (κ3) is 4.86. The summed E-state index contributed by atoms with van der Waals surface area (Å²) >= 11 is 0. The van der Waals surface area contributed by atoms with Crippen molar-refractivity contribution in [2.24, 2.45) is 5.73 Å². The molecule has 1 saturated heterocycles. The van der Waals surface area contributed by atoms with Crippen molar-refractivity contribution in [1.29, 1.82) is 0 Å². The van der Waals surface area contributed by atoms with E-state index in [9.17, 15) is 19.2 Å². The molecule has 0 aliphatic carbocycles. The molecule has 0 aromatic heterocycles. The molecular weight excluding hydrogens is 366 g/mol. The normalized spacial score (nSPS) is 19.6. The number of ether oxygens (including phenoxy) is 2. The van der Waals surface area contributed by atoms with Crippen LogP contribution in [-0.4, -0.2) is 36.2 Å². The summed E-state index contributed by atoms with van der Waals surface area (Å²) in [5, 5.41) is 4.89. The molecule has 4 N–H and O–H groups in total. The fourth-order valence-corrected chi connectivity index (χ4v) is 2.92. The number of amides is 3. The molecule has 1 aromatic carbocycles. The van der Waals surface area contributed by atoms with Crippen molar-refractivity contribution < 1.29 is 28.7 Å². The van der Waals surface area contributed by atoms with Crippen LogP contribution in [0.15, 0.2) is 24.3 Å². The van der Waals surface area contributed by atoms with E-state index in [0.717, 1.165) is 5.56 Å². The van der Waals surface area contributed by atoms with E-state index in [2.05, 4.69) is 10.6 Å². The zero-order valence-corrected chi connectivity index (χ0v) is 16.2. The molecule has 1 aliphatic heterocycles. The lowest BCUT2D eigenvalue weighted by atomic mass is 9.72. The van der Waals surface area contributed by atoms with E-state index in [1.54, 1.807) is 24.3 Å². The standard InChI is InChI=1S/C19H25N3O6/c1-4-19(10-9-14(23)22-15(19)24)12-5-7-13(8-6-12)21-17(26)28-11-27-16(25)18(2,3)20/h5-8H,4,9-11,20H2,1-3H3,(H,21,26)(H,22,23,24). The highest BCUT2D eigenvalue weighted by atomic mass is 16.7. The second-order valence-corrected chi connectivity index (χ2v) is 7.22. The van der Waals surface area contributed by atoms with E-state index in [1.165, 1.54) is 13.8 Å². The lowest BCUT2D eigenvalue weighted by Gasteiger charge is -2.35. The van der Waals surface area contributed by atoms with Crippen LogP contribution in [0.2, 0.25) is 0 Å². The predicted octanol–water partition coefficient (Wildman–Crippen LogP) is 1.56. The molecule has 1 atom stereocenters. The van der Waals surface area contributed by atoms with E-state index in [4.69, 9.17) is 15.2 Å². The Morgan fingerprint density at radius 2 is 1.86 bits per heavy atom. The summed E-state index contributed by atoms with van der Waals surface area (Å²) in [7, 11) is 0. The van der Waals surface area contributed by atoms with E-state index >= 15 is 0 Å². The van der Waals surface area contributed by atoms with E-state index in [-0.39, 0.29) is 18.2 Å². The summed E-state index contributed by atoms with van der Waals surface area (Å²) in [4.78, 5) is 47.1. The molecule has 1 heterocycles. The second kappa shape index (κ2) is 8.39. The SMILES string of the molecule is CCC1(c2ccc(NC(=O)OCOC(=O)C(C)(C)N)cc2)CCC(=O)NC1=O. The van der Waals surface area contributed by atoms with Gasteiger partial charge in [0.1, 0.15) is 5.54 Å². The summed E-state index contributed by atoms with van der Waals surface area (Å²) in [6.45, 7) is 4.28. The second-order valence-electron chi connectivity index (χ2n) is 7.22. The van der Waals surface area contributed by atoms with Gasteiger partial charge in [-0.2, -0.15) is 0 Å². The number of carbonyl (C=O) groups excluding carboxylic acids is 4. The molecular formula is C19H25N3O6. The Bertz CT molecular complexity index is 769. The quantitative estimate of drug-likeness (QED) is 0.380. The molecule has 0 saturated carbocycles. The van der Waals surface area contributed by atoms with Crippen molar-refractivity contribution in [3.05, 3.63) is 29.8 Å². The molecule has 1 fully saturated rings. The summed E-state index contributed by atoms with van der Waals surface area (Å²) < 4.78 is 9.52. The fraction of sp³-hybridized carbons (Fsp3) is 0.474. The average Bonchev–Trinajstić information content (AvgIpc) is 2.62. The first-order valence-corrected chi connectivity index (χ1v) is 8.93.